The standard InChI is InChI=1S/C17H11ClF3N3O4/c18-12-5-1-10(2-6-12)15(25)23-16(26,9-14(22-23)17(19,20)21)11-3-7-13(8-4-11)24(27)28/h1-8,26H,9H2/t16-/m0/s1. The molecule has 3 rings (SSSR count). The number of carbonyl (C=O) groups is 1. The topological polar surface area (TPSA) is 96.0 Å². The molecule has 1 aliphatic rings. The van der Waals surface area contributed by atoms with Gasteiger partial charge in [-0.3, -0.25) is 14.9 Å². The first-order valence-electron chi connectivity index (χ1n) is 7.74. The number of hydrazone groups is 1. The van der Waals surface area contributed by atoms with Crippen LogP contribution in [-0.4, -0.2) is 32.8 Å². The molecular formula is C17H11ClF3N3O4. The maximum Gasteiger partial charge on any atom is 0.431 e. The summed E-state index contributed by atoms with van der Waals surface area (Å²) in [4.78, 5) is 22.8. The molecule has 0 saturated heterocycles. The van der Waals surface area contributed by atoms with Gasteiger partial charge in [0.25, 0.3) is 11.6 Å². The molecule has 0 fully saturated rings. The Morgan fingerprint density at radius 3 is 2.25 bits per heavy atom. The van der Waals surface area contributed by atoms with E-state index in [0.29, 0.717) is 10.0 Å². The number of nitro groups is 1. The van der Waals surface area contributed by atoms with Crippen molar-refractivity contribution in [1.82, 2.24) is 5.01 Å². The first-order chi connectivity index (χ1) is 13.0. The maximum atomic E-state index is 13.2. The van der Waals surface area contributed by atoms with Gasteiger partial charge in [-0.05, 0) is 36.4 Å². The van der Waals surface area contributed by atoms with Crippen LogP contribution in [0.15, 0.2) is 53.6 Å². The van der Waals surface area contributed by atoms with Crippen molar-refractivity contribution in [2.45, 2.75) is 18.3 Å². The molecule has 0 aromatic heterocycles. The minimum absolute atomic E-state index is 0.0445. The van der Waals surface area contributed by atoms with Gasteiger partial charge in [-0.25, -0.2) is 0 Å². The van der Waals surface area contributed by atoms with Crippen molar-refractivity contribution in [2.24, 2.45) is 5.10 Å². The summed E-state index contributed by atoms with van der Waals surface area (Å²) in [6.07, 6.45) is -5.89. The van der Waals surface area contributed by atoms with E-state index in [1.165, 1.54) is 24.3 Å². The number of amides is 1. The van der Waals surface area contributed by atoms with E-state index in [9.17, 15) is 33.2 Å². The van der Waals surface area contributed by atoms with E-state index in [0.717, 1.165) is 24.3 Å². The molecular weight excluding hydrogens is 403 g/mol. The SMILES string of the molecule is O=C(c1ccc(Cl)cc1)N1N=C(C(F)(F)F)C[C@]1(O)c1ccc([N+](=O)[O-])cc1. The van der Waals surface area contributed by atoms with Gasteiger partial charge in [0.2, 0.25) is 0 Å². The number of hydrogen-bond acceptors (Lipinski definition) is 5. The number of rotatable bonds is 3. The van der Waals surface area contributed by atoms with Crippen LogP contribution in [0, 0.1) is 10.1 Å². The second kappa shape index (κ2) is 6.88. The van der Waals surface area contributed by atoms with Crippen LogP contribution >= 0.6 is 11.6 Å². The Morgan fingerprint density at radius 2 is 1.75 bits per heavy atom. The second-order valence-electron chi connectivity index (χ2n) is 5.97. The molecule has 11 heteroatoms. The van der Waals surface area contributed by atoms with E-state index >= 15 is 0 Å². The Morgan fingerprint density at radius 1 is 1.18 bits per heavy atom. The highest BCUT2D eigenvalue weighted by Gasteiger charge is 2.53. The smallest absolute Gasteiger partial charge is 0.365 e. The summed E-state index contributed by atoms with van der Waals surface area (Å²) in [6, 6.07) is 9.48. The van der Waals surface area contributed by atoms with Gasteiger partial charge in [-0.15, -0.1) is 0 Å². The predicted molar refractivity (Wildman–Crippen MR) is 92.7 cm³/mol. The number of aliphatic hydroxyl groups is 1. The zero-order valence-electron chi connectivity index (χ0n) is 13.9. The summed E-state index contributed by atoms with van der Waals surface area (Å²) in [5.74, 6) is -0.989. The predicted octanol–water partition coefficient (Wildman–Crippen LogP) is 3.86. The van der Waals surface area contributed by atoms with Crippen LogP contribution in [0.4, 0.5) is 18.9 Å². The van der Waals surface area contributed by atoms with Crippen molar-refractivity contribution < 1.29 is 28.0 Å². The molecule has 1 atom stereocenters. The highest BCUT2D eigenvalue weighted by atomic mass is 35.5. The third-order valence-corrected chi connectivity index (χ3v) is 4.39. The first kappa shape index (κ1) is 19.8. The van der Waals surface area contributed by atoms with Crippen LogP contribution in [0.25, 0.3) is 0 Å². The summed E-state index contributed by atoms with van der Waals surface area (Å²) in [5.41, 5.74) is -4.33. The highest BCUT2D eigenvalue weighted by Crippen LogP contribution is 2.40. The number of non-ortho nitro benzene ring substituents is 1. The Kier molecular flexibility index (Phi) is 4.86. The molecule has 0 aliphatic carbocycles. The Balaban J connectivity index is 2.05. The minimum Gasteiger partial charge on any atom is -0.365 e. The number of carbonyl (C=O) groups excluding carboxylic acids is 1. The maximum absolute atomic E-state index is 13.2. The number of hydrogen-bond donors (Lipinski definition) is 1. The van der Waals surface area contributed by atoms with E-state index in [-0.39, 0.29) is 16.8 Å². The van der Waals surface area contributed by atoms with Gasteiger partial charge < -0.3 is 5.11 Å². The van der Waals surface area contributed by atoms with Crippen molar-refractivity contribution >= 4 is 28.9 Å². The molecule has 0 unspecified atom stereocenters. The zero-order chi connectivity index (χ0) is 20.7. The zero-order valence-corrected chi connectivity index (χ0v) is 14.6. The van der Waals surface area contributed by atoms with E-state index in [1.807, 2.05) is 0 Å². The molecule has 2 aromatic carbocycles. The Hall–Kier alpha value is -2.98. The first-order valence-corrected chi connectivity index (χ1v) is 8.12. The average molecular weight is 414 g/mol. The number of halogens is 4. The molecule has 1 amide bonds. The molecule has 1 aliphatic heterocycles. The van der Waals surface area contributed by atoms with Crippen molar-refractivity contribution in [2.75, 3.05) is 0 Å². The fraction of sp³-hybridized carbons (Fsp3) is 0.176. The van der Waals surface area contributed by atoms with Gasteiger partial charge >= 0.3 is 6.18 Å². The molecule has 0 radical (unpaired) electrons. The molecule has 28 heavy (non-hydrogen) atoms. The highest BCUT2D eigenvalue weighted by molar-refractivity contribution is 6.30. The van der Waals surface area contributed by atoms with Crippen LogP contribution < -0.4 is 0 Å². The minimum atomic E-state index is -4.87. The van der Waals surface area contributed by atoms with E-state index < -0.39 is 34.9 Å². The Labute approximate surface area is 160 Å². The number of benzene rings is 2. The molecule has 1 N–H and O–H groups in total. The van der Waals surface area contributed by atoms with Crippen molar-refractivity contribution in [1.29, 1.82) is 0 Å². The lowest BCUT2D eigenvalue weighted by atomic mass is 9.96. The van der Waals surface area contributed by atoms with Gasteiger partial charge in [-0.2, -0.15) is 23.3 Å². The molecule has 0 bridgehead atoms. The number of alkyl halides is 3. The summed E-state index contributed by atoms with van der Waals surface area (Å²) in [6.45, 7) is 0. The normalized spacial score (nSPS) is 19.5. The molecule has 0 spiro atoms. The van der Waals surface area contributed by atoms with Crippen molar-refractivity contribution in [3.63, 3.8) is 0 Å². The van der Waals surface area contributed by atoms with E-state index in [1.54, 1.807) is 0 Å². The average Bonchev–Trinajstić information content (AvgIpc) is 3.01. The summed E-state index contributed by atoms with van der Waals surface area (Å²) in [5, 5.41) is 25.7. The third-order valence-electron chi connectivity index (χ3n) is 4.14. The van der Waals surface area contributed by atoms with Crippen LogP contribution in [0.5, 0.6) is 0 Å². The third kappa shape index (κ3) is 3.56. The molecule has 2 aromatic rings. The largest absolute Gasteiger partial charge is 0.431 e. The monoisotopic (exact) mass is 413 g/mol. The van der Waals surface area contributed by atoms with E-state index in [2.05, 4.69) is 5.10 Å². The van der Waals surface area contributed by atoms with Crippen LogP contribution in [0.2, 0.25) is 5.02 Å². The lowest BCUT2D eigenvalue weighted by molar-refractivity contribution is -0.384. The van der Waals surface area contributed by atoms with Gasteiger partial charge in [0.05, 0.1) is 11.3 Å². The van der Waals surface area contributed by atoms with E-state index in [4.69, 9.17) is 11.6 Å². The summed E-state index contributed by atoms with van der Waals surface area (Å²) < 4.78 is 39.6. The molecule has 7 nitrogen and oxygen atoms in total. The van der Waals surface area contributed by atoms with Crippen LogP contribution in [0.3, 0.4) is 0 Å². The Bertz CT molecular complexity index is 961. The van der Waals surface area contributed by atoms with Gasteiger partial charge in [-0.1, -0.05) is 11.6 Å². The van der Waals surface area contributed by atoms with Gasteiger partial charge in [0.1, 0.15) is 5.71 Å². The fourth-order valence-electron chi connectivity index (χ4n) is 2.71. The summed E-state index contributed by atoms with van der Waals surface area (Å²) in [7, 11) is 0. The molecule has 146 valence electrons. The quantitative estimate of drug-likeness (QED) is 0.610. The van der Waals surface area contributed by atoms with Gasteiger partial charge in [0, 0.05) is 28.3 Å². The summed E-state index contributed by atoms with van der Waals surface area (Å²) >= 11 is 5.75. The number of nitro benzene ring substituents is 1. The second-order valence-corrected chi connectivity index (χ2v) is 6.40. The van der Waals surface area contributed by atoms with Crippen LogP contribution in [0.1, 0.15) is 22.3 Å². The molecule has 1 heterocycles. The van der Waals surface area contributed by atoms with Crippen LogP contribution in [-0.2, 0) is 5.72 Å². The molecule has 0 saturated carbocycles. The number of nitrogens with zero attached hydrogens (tertiary/aromatic N) is 3. The van der Waals surface area contributed by atoms with Crippen molar-refractivity contribution in [3.05, 3.63) is 74.8 Å². The fourth-order valence-corrected chi connectivity index (χ4v) is 2.83. The van der Waals surface area contributed by atoms with Gasteiger partial charge in [0.15, 0.2) is 5.72 Å². The lowest BCUT2D eigenvalue weighted by Gasteiger charge is -2.31. The lowest BCUT2D eigenvalue weighted by Crippen LogP contribution is -2.43. The van der Waals surface area contributed by atoms with Crippen molar-refractivity contribution in [3.8, 4) is 0 Å².